The van der Waals surface area contributed by atoms with Crippen LogP contribution in [-0.2, 0) is 19.1 Å². The quantitative estimate of drug-likeness (QED) is 0.0116. The van der Waals surface area contributed by atoms with Gasteiger partial charge in [0.1, 0.15) is 6.29 Å². The number of aliphatic hydroxyl groups excluding tert-OH is 4. The number of hydrogen-bond acceptors (Lipinski definition) is 17. The number of carboxylic acids is 1. The van der Waals surface area contributed by atoms with E-state index in [9.17, 15) is 19.2 Å². The number of nitrogens with zero attached hydrogens (tertiary/aromatic N) is 1. The van der Waals surface area contributed by atoms with Crippen LogP contribution in [0.3, 0.4) is 0 Å². The van der Waals surface area contributed by atoms with Gasteiger partial charge in [0.25, 0.3) is 0 Å². The SMILES string of the molecule is C#CCC(C)C.C#CCC(C)C.C=CCC(C)C.CC(C)(C)CC(=O)O.CC(C)(C)CC(N)=O.CC(C)CC=O.CC(C)CCCO.CC(C)CCN.CC(C)CCN.CC(C)CCN.CC(C)CCN(C)C.CC(C)CCNC(C)C.CC(C)CCNC(N)=O.CC(C)CCO.CC(C)C[C@H](O)CO.CCCC(C)C.CCCCC(C)C.CCCCNCCOC.CCNCCC(C)C.CNCCC(C)C. The van der Waals surface area contributed by atoms with E-state index in [-0.39, 0.29) is 29.8 Å². The van der Waals surface area contributed by atoms with Crippen LogP contribution >= 0.6 is 0 Å². The molecule has 0 fully saturated rings. The van der Waals surface area contributed by atoms with Crippen LogP contribution in [0.4, 0.5) is 4.79 Å². The van der Waals surface area contributed by atoms with E-state index in [4.69, 9.17) is 71.8 Å². The number of aliphatic hydroxyl groups is 4. The number of allylic oxidation sites excluding steroid dienone is 1. The number of ether oxygens (including phenoxy) is 1. The molecule has 0 radical (unpaired) electrons. The molecule has 0 aliphatic rings. The summed E-state index contributed by atoms with van der Waals surface area (Å²) >= 11 is 0. The van der Waals surface area contributed by atoms with Gasteiger partial charge in [-0.05, 0) is 281 Å². The maximum atomic E-state index is 10.2. The number of carboxylic acid groups (broad SMARTS) is 1. The van der Waals surface area contributed by atoms with Crippen LogP contribution in [0.25, 0.3) is 0 Å². The van der Waals surface area contributed by atoms with Gasteiger partial charge in [0.05, 0.1) is 25.7 Å². The lowest BCUT2D eigenvalue weighted by Crippen LogP contribution is -2.30. The zero-order chi connectivity index (χ0) is 117. The third-order valence-electron chi connectivity index (χ3n) is 17.2. The number of carbonyl (C=O) groups is 4. The Bertz CT molecular complexity index is 2080. The predicted molar refractivity (Wildman–Crippen MR) is 645 cm³/mol. The van der Waals surface area contributed by atoms with Gasteiger partial charge in [-0.1, -0.05) is 363 Å². The van der Waals surface area contributed by atoms with E-state index < -0.39 is 18.1 Å². The van der Waals surface area contributed by atoms with Crippen LogP contribution < -0.4 is 55.3 Å². The Balaban J connectivity index is -0.0000000614. The normalized spacial score (nSPS) is 10.4. The van der Waals surface area contributed by atoms with Gasteiger partial charge >= 0.3 is 12.0 Å². The van der Waals surface area contributed by atoms with Gasteiger partial charge in [-0.15, -0.1) is 31.3 Å². The van der Waals surface area contributed by atoms with E-state index in [2.05, 4.69) is 313 Å². The summed E-state index contributed by atoms with van der Waals surface area (Å²) in [5.74, 6) is 16.8. The number of primary amides is 2. The van der Waals surface area contributed by atoms with Gasteiger partial charge in [-0.2, -0.15) is 0 Å². The molecule has 0 spiro atoms. The van der Waals surface area contributed by atoms with Crippen molar-refractivity contribution in [3.8, 4) is 24.7 Å². The number of aliphatic carboxylic acids is 1. The topological polar surface area (TPSA) is 372 Å². The molecule has 0 unspecified atom stereocenters. The molecular formula is C121H275N11O10. The second-order valence-electron chi connectivity index (χ2n) is 46.6. The summed E-state index contributed by atoms with van der Waals surface area (Å²) in [7, 11) is 7.94. The fraction of sp³-hybridized carbons (Fsp3) is 0.917. The molecule has 1 atom stereocenters. The highest BCUT2D eigenvalue weighted by Gasteiger charge is 2.14. The molecule has 0 saturated carbocycles. The maximum absolute atomic E-state index is 10.2. The molecule has 3 amide bonds. The molecule has 0 aromatic rings. The van der Waals surface area contributed by atoms with E-state index in [0.29, 0.717) is 80.6 Å². The van der Waals surface area contributed by atoms with Crippen molar-refractivity contribution in [2.24, 2.45) is 140 Å². The summed E-state index contributed by atoms with van der Waals surface area (Å²) in [5, 5.41) is 57.4. The fourth-order valence-electron chi connectivity index (χ4n) is 8.80. The minimum atomic E-state index is -0.725. The Kier molecular flexibility index (Phi) is 206. The average Bonchev–Trinajstić information content (AvgIpc) is 0.975. The Morgan fingerprint density at radius 1 is 0.423 bits per heavy atom. The van der Waals surface area contributed by atoms with Crippen molar-refractivity contribution in [2.45, 2.75) is 491 Å². The van der Waals surface area contributed by atoms with Crippen molar-refractivity contribution in [2.75, 3.05) is 127 Å². The number of nitrogens with two attached hydrogens (primary N) is 5. The van der Waals surface area contributed by atoms with Gasteiger partial charge < -0.3 is 95.2 Å². The first-order valence-corrected chi connectivity index (χ1v) is 56.3. The number of rotatable bonds is 50. The molecule has 0 aliphatic carbocycles. The standard InChI is InChI=1S/C8H19N.C7H17NO.2C7H17N.C7H16.C6H14N2O.C6H13NO.C6H15N.C6H12O2.C6H14O2.C6H14O.C6H14.C6H12.2C6H10.3C5H13N.C5H12O.C5H10O/c1-7(2)5-6-9-8(3)4;1-3-4-5-8-6-7-9-2;1-7(2)5-6-8(3)4;1-4-8-6-5-7(2)3;1-4-5-6-7(2)3;1-5(2)3-4-8-6(7)9;1-6(2,3)4-5(7)8;1-6(2)4-5-7-3;1-6(2,3)4-5(7)8;1-5(2)3-6(8)4-7;1-6(2)4-3-5-7;4*1-4-5-6(2)3;5*1-5(2)3-4-6/h7-9H,5-6H2,1-4H3;8H,3-7H2,1-2H3;7H,5-6H2,1-4H3;7-8H,4-6H2,1-3H3;7H,4-6H2,1-3H3;5H,3-4H2,1-2H3,(H3,7,8,9);4H2,1-3H3,(H2,7,8);6-7H,4-5H2,1-3H3;4H2,1-3H3,(H,7,8);5-8H,3-4H2,1-2H3;6-7H,3-5H2,1-2H3;6H,4-5H2,1-3H3;4,6H,1,5H2,2-3H3;2*1,6H,5H2,2-3H3;3*5H,3-4,6H2,1-2H3;5-6H,3-4H2,1-2H3;4-5H,3H2,1-2H3/t;;;;;;;;;6-;;;;;;;;;;/m.........0........../s1. The second-order valence-corrected chi connectivity index (χ2v) is 46.6. The molecule has 21 heteroatoms. The summed E-state index contributed by atoms with van der Waals surface area (Å²) in [6, 6.07) is 0.208. The molecule has 20 N–H and O–H groups in total. The van der Waals surface area contributed by atoms with Crippen molar-refractivity contribution in [1.29, 1.82) is 0 Å². The number of aldehydes is 1. The van der Waals surface area contributed by atoms with E-state index in [1.54, 1.807) is 7.11 Å². The largest absolute Gasteiger partial charge is 0.481 e. The highest BCUT2D eigenvalue weighted by Crippen LogP contribution is 2.18. The van der Waals surface area contributed by atoms with E-state index in [1.165, 1.54) is 83.7 Å². The van der Waals surface area contributed by atoms with Crippen molar-refractivity contribution in [3.63, 3.8) is 0 Å². The number of terminal acetylenes is 2. The molecular weight excluding hydrogens is 1770 g/mol. The number of methoxy groups -OCH3 is 1. The Morgan fingerprint density at radius 3 is 0.908 bits per heavy atom. The number of carbonyl (C=O) groups excluding carboxylic acids is 3. The summed E-state index contributed by atoms with van der Waals surface area (Å²) < 4.78 is 4.86. The number of hydrogen-bond donors (Lipinski definition) is 15. The van der Waals surface area contributed by atoms with Crippen molar-refractivity contribution in [1.82, 2.24) is 31.5 Å². The van der Waals surface area contributed by atoms with Gasteiger partial charge in [0.2, 0.25) is 5.91 Å². The van der Waals surface area contributed by atoms with Crippen molar-refractivity contribution in [3.05, 3.63) is 12.7 Å². The smallest absolute Gasteiger partial charge is 0.312 e. The number of amides is 3. The summed E-state index contributed by atoms with van der Waals surface area (Å²) in [6.07, 6.45) is 39.4. The number of unbranched alkanes of at least 4 members (excludes halogenated alkanes) is 2. The van der Waals surface area contributed by atoms with Crippen LogP contribution in [0.5, 0.6) is 0 Å². The lowest BCUT2D eigenvalue weighted by atomic mass is 9.92. The number of nitrogens with one attached hydrogen (secondary N) is 5. The summed E-state index contributed by atoms with van der Waals surface area (Å²) in [4.78, 5) is 42.2. The van der Waals surface area contributed by atoms with Gasteiger partial charge in [-0.25, -0.2) is 4.79 Å². The van der Waals surface area contributed by atoms with Crippen LogP contribution in [0.1, 0.15) is 479 Å². The van der Waals surface area contributed by atoms with Gasteiger partial charge in [0.15, 0.2) is 0 Å². The Labute approximate surface area is 895 Å². The van der Waals surface area contributed by atoms with Gasteiger partial charge in [0, 0.05) is 65.1 Å². The molecule has 21 nitrogen and oxygen atoms in total. The van der Waals surface area contributed by atoms with Crippen LogP contribution in [0.2, 0.25) is 0 Å². The summed E-state index contributed by atoms with van der Waals surface area (Å²) in [5.41, 5.74) is 25.4. The average molecular weight is 2040 g/mol. The zero-order valence-electron chi connectivity index (χ0n) is 106. The molecule has 0 rings (SSSR count). The first kappa shape index (κ1) is 186. The molecule has 142 heavy (non-hydrogen) atoms. The van der Waals surface area contributed by atoms with Crippen LogP contribution in [0.15, 0.2) is 12.7 Å². The van der Waals surface area contributed by atoms with E-state index in [1.807, 2.05) is 82.4 Å². The zero-order valence-corrected chi connectivity index (χ0v) is 106. The van der Waals surface area contributed by atoms with E-state index >= 15 is 0 Å². The predicted octanol–water partition coefficient (Wildman–Crippen LogP) is 28.5. The van der Waals surface area contributed by atoms with Gasteiger partial charge in [-0.3, -0.25) is 9.59 Å². The minimum absolute atomic E-state index is 0.0475. The van der Waals surface area contributed by atoms with Crippen LogP contribution in [-0.4, -0.2) is 193 Å². The fourth-order valence-corrected chi connectivity index (χ4v) is 8.80. The molecule has 0 heterocycles. The molecule has 0 saturated heterocycles. The Hall–Kier alpha value is -3.78. The molecule has 0 aromatic carbocycles. The monoisotopic (exact) mass is 2040 g/mol. The third kappa shape index (κ3) is 397. The highest BCUT2D eigenvalue weighted by atomic mass is 16.5. The first-order valence-electron chi connectivity index (χ1n) is 56.3. The molecule has 0 bridgehead atoms. The molecule has 0 aliphatic heterocycles. The van der Waals surface area contributed by atoms with Crippen LogP contribution in [0, 0.1) is 136 Å². The molecule has 0 aromatic heterocycles. The minimum Gasteiger partial charge on any atom is -0.481 e. The summed E-state index contributed by atoms with van der Waals surface area (Å²) in [6.45, 7) is 115. The highest BCUT2D eigenvalue weighted by molar-refractivity contribution is 5.74. The second kappa shape index (κ2) is 157. The lowest BCUT2D eigenvalue weighted by molar-refractivity contribution is -0.139. The molecule has 874 valence electrons. The maximum Gasteiger partial charge on any atom is 0.312 e. The van der Waals surface area contributed by atoms with Crippen molar-refractivity contribution >= 4 is 24.2 Å². The Morgan fingerprint density at radius 2 is 0.775 bits per heavy atom. The number of urea groups is 1. The lowest BCUT2D eigenvalue weighted by Gasteiger charge is -2.13. The third-order valence-corrected chi connectivity index (χ3v) is 17.2. The first-order chi connectivity index (χ1) is 65.3. The van der Waals surface area contributed by atoms with E-state index in [0.717, 1.165) is 195 Å². The van der Waals surface area contributed by atoms with Crippen molar-refractivity contribution < 1.29 is 49.4 Å².